The van der Waals surface area contributed by atoms with E-state index in [1.807, 2.05) is 0 Å². The van der Waals surface area contributed by atoms with Gasteiger partial charge in [-0.3, -0.25) is 4.98 Å². The maximum atomic E-state index is 13.6. The lowest BCUT2D eigenvalue weighted by Gasteiger charge is -2.07. The van der Waals surface area contributed by atoms with E-state index in [1.165, 1.54) is 24.4 Å². The molecule has 0 amide bonds. The molecule has 0 aliphatic rings. The van der Waals surface area contributed by atoms with Crippen LogP contribution in [0.3, 0.4) is 0 Å². The Balaban J connectivity index is 2.83. The van der Waals surface area contributed by atoms with Crippen LogP contribution in [0.15, 0.2) is 24.4 Å². The molecule has 0 aliphatic carbocycles. The van der Waals surface area contributed by atoms with Crippen molar-refractivity contribution in [3.05, 3.63) is 53.2 Å². The molecule has 18 heavy (non-hydrogen) atoms. The van der Waals surface area contributed by atoms with Crippen LogP contribution in [-0.2, 0) is 0 Å². The predicted octanol–water partition coefficient (Wildman–Crippen LogP) is 3.18. The highest BCUT2D eigenvalue weighted by Crippen LogP contribution is 2.30. The van der Waals surface area contributed by atoms with E-state index in [-0.39, 0.29) is 5.69 Å². The van der Waals surface area contributed by atoms with Crippen LogP contribution in [-0.4, -0.2) is 4.98 Å². The second-order valence-electron chi connectivity index (χ2n) is 3.33. The fraction of sp³-hybridized carbons (Fsp3) is 0. The molecule has 0 saturated carbocycles. The largest absolute Gasteiger partial charge is 0.256 e. The summed E-state index contributed by atoms with van der Waals surface area (Å²) in [5.41, 5.74) is -2.47. The van der Waals surface area contributed by atoms with Gasteiger partial charge in [-0.25, -0.2) is 17.6 Å². The SMILES string of the molecule is N#Cc1c(F)c(F)c(-c2ccccn2)c(F)c1F. The van der Waals surface area contributed by atoms with Crippen LogP contribution in [0.1, 0.15) is 5.56 Å². The molecule has 2 aromatic rings. The standard InChI is InChI=1S/C12H4F4N2/c13-9-6(5-17)10(14)12(16)8(11(9)15)7-3-1-2-4-18-7/h1-4H. The fourth-order valence-electron chi connectivity index (χ4n) is 1.47. The molecule has 2 rings (SSSR count). The summed E-state index contributed by atoms with van der Waals surface area (Å²) in [7, 11) is 0. The molecular formula is C12H4F4N2. The zero-order valence-electron chi connectivity index (χ0n) is 8.72. The number of nitriles is 1. The van der Waals surface area contributed by atoms with Crippen LogP contribution in [0, 0.1) is 34.6 Å². The summed E-state index contributed by atoms with van der Waals surface area (Å²) < 4.78 is 53.9. The molecule has 0 N–H and O–H groups in total. The Morgan fingerprint density at radius 1 is 0.944 bits per heavy atom. The third-order valence-electron chi connectivity index (χ3n) is 2.30. The number of halogens is 4. The minimum absolute atomic E-state index is 0.255. The minimum Gasteiger partial charge on any atom is -0.256 e. The van der Waals surface area contributed by atoms with Gasteiger partial charge in [0.25, 0.3) is 0 Å². The average molecular weight is 252 g/mol. The fourth-order valence-corrected chi connectivity index (χ4v) is 1.47. The summed E-state index contributed by atoms with van der Waals surface area (Å²) in [6.07, 6.45) is 1.22. The highest BCUT2D eigenvalue weighted by Gasteiger charge is 2.26. The molecule has 0 fully saturated rings. The molecule has 0 saturated heterocycles. The first-order chi connectivity index (χ1) is 8.57. The molecule has 90 valence electrons. The molecule has 0 aliphatic heterocycles. The Morgan fingerprint density at radius 2 is 1.56 bits per heavy atom. The number of hydrogen-bond donors (Lipinski definition) is 0. The lowest BCUT2D eigenvalue weighted by Crippen LogP contribution is -2.04. The Hall–Kier alpha value is -2.42. The highest BCUT2D eigenvalue weighted by atomic mass is 19.2. The van der Waals surface area contributed by atoms with Crippen molar-refractivity contribution in [2.24, 2.45) is 0 Å². The van der Waals surface area contributed by atoms with Crippen molar-refractivity contribution in [1.82, 2.24) is 4.98 Å². The van der Waals surface area contributed by atoms with E-state index in [0.717, 1.165) is 6.07 Å². The molecule has 1 heterocycles. The summed E-state index contributed by atoms with van der Waals surface area (Å²) in [5, 5.41) is 8.43. The summed E-state index contributed by atoms with van der Waals surface area (Å²) in [4.78, 5) is 3.61. The molecule has 1 aromatic carbocycles. The maximum absolute atomic E-state index is 13.6. The van der Waals surface area contributed by atoms with Crippen molar-refractivity contribution < 1.29 is 17.6 Å². The lowest BCUT2D eigenvalue weighted by atomic mass is 10.1. The van der Waals surface area contributed by atoms with Gasteiger partial charge in [0.05, 0.1) is 11.3 Å². The Labute approximate surface area is 99.1 Å². The smallest absolute Gasteiger partial charge is 0.180 e. The van der Waals surface area contributed by atoms with Gasteiger partial charge in [-0.15, -0.1) is 0 Å². The van der Waals surface area contributed by atoms with Crippen molar-refractivity contribution in [1.29, 1.82) is 5.26 Å². The molecule has 0 radical (unpaired) electrons. The quantitative estimate of drug-likeness (QED) is 0.577. The third-order valence-corrected chi connectivity index (χ3v) is 2.30. The van der Waals surface area contributed by atoms with Crippen LogP contribution in [0.4, 0.5) is 17.6 Å². The van der Waals surface area contributed by atoms with Crippen molar-refractivity contribution in [3.63, 3.8) is 0 Å². The van der Waals surface area contributed by atoms with E-state index in [1.54, 1.807) is 0 Å². The zero-order chi connectivity index (χ0) is 13.3. The molecule has 0 bridgehead atoms. The third kappa shape index (κ3) is 1.70. The second-order valence-corrected chi connectivity index (χ2v) is 3.33. The first kappa shape index (κ1) is 12.0. The minimum atomic E-state index is -1.72. The van der Waals surface area contributed by atoms with Gasteiger partial charge in [0.1, 0.15) is 11.6 Å². The molecule has 0 atom stereocenters. The zero-order valence-corrected chi connectivity index (χ0v) is 8.72. The highest BCUT2D eigenvalue weighted by molar-refractivity contribution is 5.62. The monoisotopic (exact) mass is 252 g/mol. The number of pyridine rings is 1. The molecule has 6 heteroatoms. The van der Waals surface area contributed by atoms with Gasteiger partial charge < -0.3 is 0 Å². The van der Waals surface area contributed by atoms with E-state index < -0.39 is 34.4 Å². The Kier molecular flexibility index (Phi) is 2.98. The van der Waals surface area contributed by atoms with Crippen LogP contribution in [0.2, 0.25) is 0 Å². The molecule has 0 spiro atoms. The van der Waals surface area contributed by atoms with Gasteiger partial charge in [-0.1, -0.05) is 6.07 Å². The van der Waals surface area contributed by atoms with E-state index in [9.17, 15) is 17.6 Å². The van der Waals surface area contributed by atoms with E-state index in [0.29, 0.717) is 0 Å². The van der Waals surface area contributed by atoms with Crippen LogP contribution in [0.5, 0.6) is 0 Å². The predicted molar refractivity (Wildman–Crippen MR) is 54.2 cm³/mol. The number of rotatable bonds is 1. The topological polar surface area (TPSA) is 36.7 Å². The maximum Gasteiger partial charge on any atom is 0.180 e. The Bertz CT molecular complexity index is 618. The molecule has 0 unspecified atom stereocenters. The van der Waals surface area contributed by atoms with Crippen molar-refractivity contribution in [2.45, 2.75) is 0 Å². The van der Waals surface area contributed by atoms with Crippen LogP contribution < -0.4 is 0 Å². The van der Waals surface area contributed by atoms with E-state index >= 15 is 0 Å². The van der Waals surface area contributed by atoms with E-state index in [2.05, 4.69) is 4.98 Å². The van der Waals surface area contributed by atoms with Gasteiger partial charge in [-0.2, -0.15) is 5.26 Å². The summed E-state index contributed by atoms with van der Waals surface area (Å²) in [6, 6.07) is 5.17. The number of benzene rings is 1. The lowest BCUT2D eigenvalue weighted by molar-refractivity contribution is 0.454. The number of nitrogens with zero attached hydrogens (tertiary/aromatic N) is 2. The first-order valence-corrected chi connectivity index (χ1v) is 4.75. The van der Waals surface area contributed by atoms with Crippen molar-refractivity contribution >= 4 is 0 Å². The average Bonchev–Trinajstić information content (AvgIpc) is 2.39. The van der Waals surface area contributed by atoms with Gasteiger partial charge in [0, 0.05) is 6.20 Å². The van der Waals surface area contributed by atoms with Gasteiger partial charge in [0.15, 0.2) is 23.3 Å². The van der Waals surface area contributed by atoms with E-state index in [4.69, 9.17) is 5.26 Å². The summed E-state index contributed by atoms with van der Waals surface area (Å²) >= 11 is 0. The van der Waals surface area contributed by atoms with Gasteiger partial charge in [0.2, 0.25) is 0 Å². The summed E-state index contributed by atoms with van der Waals surface area (Å²) in [5.74, 6) is -6.72. The van der Waals surface area contributed by atoms with Crippen molar-refractivity contribution in [2.75, 3.05) is 0 Å². The molecule has 1 aromatic heterocycles. The number of aromatic nitrogens is 1. The first-order valence-electron chi connectivity index (χ1n) is 4.75. The molecule has 2 nitrogen and oxygen atoms in total. The van der Waals surface area contributed by atoms with Gasteiger partial charge in [-0.05, 0) is 12.1 Å². The van der Waals surface area contributed by atoms with Gasteiger partial charge >= 0.3 is 0 Å². The second kappa shape index (κ2) is 4.45. The Morgan fingerprint density at radius 3 is 2.00 bits per heavy atom. The molecular weight excluding hydrogens is 248 g/mol. The normalized spacial score (nSPS) is 10.2. The number of hydrogen-bond acceptors (Lipinski definition) is 2. The van der Waals surface area contributed by atoms with Crippen LogP contribution >= 0.6 is 0 Å². The van der Waals surface area contributed by atoms with Crippen molar-refractivity contribution in [3.8, 4) is 17.3 Å². The van der Waals surface area contributed by atoms with Crippen LogP contribution in [0.25, 0.3) is 11.3 Å². The summed E-state index contributed by atoms with van der Waals surface area (Å²) in [6.45, 7) is 0.